The maximum absolute atomic E-state index is 12.6. The first-order valence-electron chi connectivity index (χ1n) is 7.81. The van der Waals surface area contributed by atoms with Crippen LogP contribution in [0.15, 0.2) is 59.5 Å². The van der Waals surface area contributed by atoms with Gasteiger partial charge in [-0.05, 0) is 24.6 Å². The molecule has 1 amide bonds. The topological polar surface area (TPSA) is 66.5 Å². The maximum Gasteiger partial charge on any atom is 0.243 e. The first-order chi connectivity index (χ1) is 11.4. The Hall–Kier alpha value is -2.18. The molecule has 0 aliphatic rings. The van der Waals surface area contributed by atoms with Crippen LogP contribution in [0.1, 0.15) is 18.1 Å². The minimum absolute atomic E-state index is 0.193. The SMILES string of the molecule is CCN(CC(=O)NCc1ccc(C)cc1)S(=O)(=O)c1ccccc1. The number of amides is 1. The van der Waals surface area contributed by atoms with Crippen LogP contribution in [0.2, 0.25) is 0 Å². The summed E-state index contributed by atoms with van der Waals surface area (Å²) in [5.74, 6) is -0.322. The first kappa shape index (κ1) is 18.2. The average molecular weight is 346 g/mol. The zero-order valence-electron chi connectivity index (χ0n) is 13.9. The van der Waals surface area contributed by atoms with Crippen molar-refractivity contribution in [2.24, 2.45) is 0 Å². The number of nitrogens with one attached hydrogen (secondary N) is 1. The molecule has 0 spiro atoms. The highest BCUT2D eigenvalue weighted by atomic mass is 32.2. The lowest BCUT2D eigenvalue weighted by atomic mass is 10.1. The van der Waals surface area contributed by atoms with E-state index < -0.39 is 10.0 Å². The zero-order valence-corrected chi connectivity index (χ0v) is 14.7. The molecule has 0 radical (unpaired) electrons. The van der Waals surface area contributed by atoms with E-state index in [0.29, 0.717) is 6.54 Å². The fourth-order valence-corrected chi connectivity index (χ4v) is 3.66. The summed E-state index contributed by atoms with van der Waals surface area (Å²) >= 11 is 0. The molecule has 2 aromatic rings. The smallest absolute Gasteiger partial charge is 0.243 e. The normalized spacial score (nSPS) is 11.5. The van der Waals surface area contributed by atoms with Crippen molar-refractivity contribution in [2.45, 2.75) is 25.3 Å². The number of nitrogens with zero attached hydrogens (tertiary/aromatic N) is 1. The van der Waals surface area contributed by atoms with Crippen molar-refractivity contribution in [1.82, 2.24) is 9.62 Å². The molecular weight excluding hydrogens is 324 g/mol. The molecule has 0 saturated carbocycles. The number of carbonyl (C=O) groups excluding carboxylic acids is 1. The van der Waals surface area contributed by atoms with E-state index >= 15 is 0 Å². The molecule has 0 heterocycles. The van der Waals surface area contributed by atoms with Crippen LogP contribution in [0.25, 0.3) is 0 Å². The van der Waals surface area contributed by atoms with Gasteiger partial charge >= 0.3 is 0 Å². The van der Waals surface area contributed by atoms with E-state index in [1.807, 2.05) is 31.2 Å². The Balaban J connectivity index is 1.99. The van der Waals surface area contributed by atoms with Crippen LogP contribution in [-0.4, -0.2) is 31.7 Å². The Morgan fingerprint density at radius 1 is 1.04 bits per heavy atom. The van der Waals surface area contributed by atoms with Gasteiger partial charge in [-0.25, -0.2) is 8.42 Å². The molecule has 0 unspecified atom stereocenters. The largest absolute Gasteiger partial charge is 0.351 e. The van der Waals surface area contributed by atoms with Crippen molar-refractivity contribution in [3.05, 3.63) is 65.7 Å². The minimum atomic E-state index is -3.66. The second-order valence-electron chi connectivity index (χ2n) is 5.51. The second kappa shape index (κ2) is 8.08. The fourth-order valence-electron chi connectivity index (χ4n) is 2.23. The van der Waals surface area contributed by atoms with E-state index in [-0.39, 0.29) is 23.9 Å². The van der Waals surface area contributed by atoms with Gasteiger partial charge in [0.2, 0.25) is 15.9 Å². The number of likely N-dealkylation sites (N-methyl/N-ethyl adjacent to an activating group) is 1. The van der Waals surface area contributed by atoms with E-state index in [9.17, 15) is 13.2 Å². The van der Waals surface area contributed by atoms with Gasteiger partial charge in [-0.3, -0.25) is 4.79 Å². The third kappa shape index (κ3) is 4.66. The van der Waals surface area contributed by atoms with Crippen LogP contribution in [0.5, 0.6) is 0 Å². The van der Waals surface area contributed by atoms with Gasteiger partial charge in [-0.2, -0.15) is 4.31 Å². The Morgan fingerprint density at radius 3 is 2.25 bits per heavy atom. The molecule has 0 aliphatic carbocycles. The number of aryl methyl sites for hydroxylation is 1. The zero-order chi connectivity index (χ0) is 17.6. The summed E-state index contributed by atoms with van der Waals surface area (Å²) in [7, 11) is -3.66. The Morgan fingerprint density at radius 2 is 1.67 bits per heavy atom. The van der Waals surface area contributed by atoms with Gasteiger partial charge < -0.3 is 5.32 Å². The van der Waals surface area contributed by atoms with Crippen molar-refractivity contribution < 1.29 is 13.2 Å². The summed E-state index contributed by atoms with van der Waals surface area (Å²) in [5, 5.41) is 2.76. The molecule has 24 heavy (non-hydrogen) atoms. The Kier molecular flexibility index (Phi) is 6.11. The summed E-state index contributed by atoms with van der Waals surface area (Å²) in [5.41, 5.74) is 2.12. The number of carbonyl (C=O) groups is 1. The molecule has 0 aromatic heterocycles. The third-order valence-corrected chi connectivity index (χ3v) is 5.60. The average Bonchev–Trinajstić information content (AvgIpc) is 2.59. The molecule has 0 saturated heterocycles. The number of hydrogen-bond donors (Lipinski definition) is 1. The van der Waals surface area contributed by atoms with Crippen LogP contribution >= 0.6 is 0 Å². The minimum Gasteiger partial charge on any atom is -0.351 e. The molecule has 128 valence electrons. The summed E-state index contributed by atoms with van der Waals surface area (Å²) in [4.78, 5) is 12.3. The number of hydrogen-bond acceptors (Lipinski definition) is 3. The summed E-state index contributed by atoms with van der Waals surface area (Å²) in [6.45, 7) is 4.13. The summed E-state index contributed by atoms with van der Waals surface area (Å²) < 4.78 is 26.3. The van der Waals surface area contributed by atoms with E-state index in [2.05, 4.69) is 5.32 Å². The predicted octanol–water partition coefficient (Wildman–Crippen LogP) is 2.32. The van der Waals surface area contributed by atoms with Crippen molar-refractivity contribution in [3.8, 4) is 0 Å². The molecule has 2 aromatic carbocycles. The van der Waals surface area contributed by atoms with Gasteiger partial charge in [-0.1, -0.05) is 55.0 Å². The maximum atomic E-state index is 12.6. The van der Waals surface area contributed by atoms with E-state index in [1.165, 1.54) is 16.4 Å². The molecular formula is C18H22N2O3S. The lowest BCUT2D eigenvalue weighted by molar-refractivity contribution is -0.121. The van der Waals surface area contributed by atoms with Gasteiger partial charge in [0.25, 0.3) is 0 Å². The quantitative estimate of drug-likeness (QED) is 0.837. The summed E-state index contributed by atoms with van der Waals surface area (Å²) in [6.07, 6.45) is 0. The molecule has 2 rings (SSSR count). The second-order valence-corrected chi connectivity index (χ2v) is 7.44. The monoisotopic (exact) mass is 346 g/mol. The van der Waals surface area contributed by atoms with Gasteiger partial charge in [0.15, 0.2) is 0 Å². The molecule has 0 aliphatic heterocycles. The van der Waals surface area contributed by atoms with Crippen LogP contribution in [-0.2, 0) is 21.4 Å². The standard InChI is InChI=1S/C18H22N2O3S/c1-3-20(24(22,23)17-7-5-4-6-8-17)14-18(21)19-13-16-11-9-15(2)10-12-16/h4-12H,3,13-14H2,1-2H3,(H,19,21). The third-order valence-electron chi connectivity index (χ3n) is 3.66. The molecule has 0 fully saturated rings. The van der Waals surface area contributed by atoms with Crippen LogP contribution < -0.4 is 5.32 Å². The van der Waals surface area contributed by atoms with E-state index in [0.717, 1.165) is 11.1 Å². The van der Waals surface area contributed by atoms with Gasteiger partial charge in [0.05, 0.1) is 11.4 Å². The molecule has 1 N–H and O–H groups in total. The molecule has 6 heteroatoms. The van der Waals surface area contributed by atoms with Gasteiger partial charge in [0.1, 0.15) is 0 Å². The number of rotatable bonds is 7. The molecule has 0 bridgehead atoms. The Bertz CT molecular complexity index is 772. The van der Waals surface area contributed by atoms with Crippen molar-refractivity contribution in [1.29, 1.82) is 0 Å². The fraction of sp³-hybridized carbons (Fsp3) is 0.278. The van der Waals surface area contributed by atoms with Crippen molar-refractivity contribution >= 4 is 15.9 Å². The van der Waals surface area contributed by atoms with Gasteiger partial charge in [0, 0.05) is 13.1 Å². The first-order valence-corrected chi connectivity index (χ1v) is 9.25. The molecule has 0 atom stereocenters. The molecule has 5 nitrogen and oxygen atoms in total. The Labute approximate surface area is 143 Å². The van der Waals surface area contributed by atoms with Crippen molar-refractivity contribution in [3.63, 3.8) is 0 Å². The highest BCUT2D eigenvalue weighted by Gasteiger charge is 2.24. The summed E-state index contributed by atoms with van der Waals surface area (Å²) in [6, 6.07) is 16.0. The highest BCUT2D eigenvalue weighted by molar-refractivity contribution is 7.89. The lowest BCUT2D eigenvalue weighted by Gasteiger charge is -2.20. The van der Waals surface area contributed by atoms with Crippen LogP contribution in [0.3, 0.4) is 0 Å². The van der Waals surface area contributed by atoms with Crippen LogP contribution in [0, 0.1) is 6.92 Å². The number of benzene rings is 2. The van der Waals surface area contributed by atoms with Crippen molar-refractivity contribution in [2.75, 3.05) is 13.1 Å². The van der Waals surface area contributed by atoms with Gasteiger partial charge in [-0.15, -0.1) is 0 Å². The lowest BCUT2D eigenvalue weighted by Crippen LogP contribution is -2.40. The van der Waals surface area contributed by atoms with E-state index in [4.69, 9.17) is 0 Å². The number of sulfonamides is 1. The predicted molar refractivity (Wildman–Crippen MR) is 93.9 cm³/mol. The highest BCUT2D eigenvalue weighted by Crippen LogP contribution is 2.14. The van der Waals surface area contributed by atoms with E-state index in [1.54, 1.807) is 25.1 Å². The van der Waals surface area contributed by atoms with Crippen LogP contribution in [0.4, 0.5) is 0 Å².